The maximum Gasteiger partial charge on any atom is 0.114 e. The molecular weight excluding hydrogens is 1220 g/mol. The smallest absolute Gasteiger partial charge is 0.114 e. The first-order chi connectivity index (χ1) is 50.0. The highest BCUT2D eigenvalue weighted by Gasteiger charge is 2.51. The van der Waals surface area contributed by atoms with Crippen molar-refractivity contribution >= 4 is 73.0 Å². The molecule has 2 atom stereocenters. The van der Waals surface area contributed by atoms with E-state index in [-0.39, 0.29) is 12.0 Å². The molecule has 0 fully saturated rings. The third-order valence-electron chi connectivity index (χ3n) is 20.8. The monoisotopic (exact) mass is 1290 g/mol. The molecule has 14 aromatic carbocycles. The Labute approximate surface area is 591 Å². The van der Waals surface area contributed by atoms with Crippen molar-refractivity contribution in [2.75, 3.05) is 9.80 Å². The lowest BCUT2D eigenvalue weighted by Crippen LogP contribution is -2.34. The molecule has 0 amide bonds. The standard InChI is InChI=1S/C98H69N3/c1-68(96(76-32-12-4-13-33-76)77-34-14-5-15-35-77)71-50-55-84(56-51-71)100(82-42-25-36-74(52-57-82)72-28-8-2-9-29-72)85-60-62-87-86-61-49-70(66-92(86)98(93(87)67-85)90-45-21-23-48-95(90)101-94-47-22-20-43-88(94)89-44-26-46-91(98)97(89)101)65-79(64-69-27-24-37-78(63-69)73-30-10-3-11-31-73)75-53-58-83(59-54-75)99(80-38-16-6-17-39-80)81-40-18-7-19-41-81/h2-51,53-56,58-63,65-67,82,96H,1,64H2/b79-65+. The first kappa shape index (κ1) is 60.4. The fourth-order valence-corrected chi connectivity index (χ4v) is 16.2. The lowest BCUT2D eigenvalue weighted by atomic mass is 9.65. The highest BCUT2D eigenvalue weighted by Crippen LogP contribution is 2.62. The van der Waals surface area contributed by atoms with Gasteiger partial charge in [-0.15, -0.1) is 0 Å². The molecule has 15 aromatic rings. The van der Waals surface area contributed by atoms with Gasteiger partial charge in [0, 0.05) is 50.7 Å². The van der Waals surface area contributed by atoms with Gasteiger partial charge in [-0.25, -0.2) is 0 Å². The Kier molecular flexibility index (Phi) is 15.4. The first-order valence-electron chi connectivity index (χ1n) is 34.9. The van der Waals surface area contributed by atoms with E-state index >= 15 is 0 Å². The van der Waals surface area contributed by atoms with E-state index < -0.39 is 5.41 Å². The highest BCUT2D eigenvalue weighted by atomic mass is 15.2. The number of anilines is 5. The van der Waals surface area contributed by atoms with Crippen LogP contribution in [0.2, 0.25) is 0 Å². The molecule has 2 unspecified atom stereocenters. The van der Waals surface area contributed by atoms with E-state index in [0.29, 0.717) is 6.42 Å². The molecule has 0 saturated carbocycles. The fourth-order valence-electron chi connectivity index (χ4n) is 16.2. The Balaban J connectivity index is 0.826. The van der Waals surface area contributed by atoms with Crippen molar-refractivity contribution in [3.63, 3.8) is 0 Å². The summed E-state index contributed by atoms with van der Waals surface area (Å²) in [5.74, 6) is 7.48. The zero-order chi connectivity index (χ0) is 67.2. The number of benzene rings is 14. The lowest BCUT2D eigenvalue weighted by molar-refractivity contribution is 0.747. The normalized spacial score (nSPS) is 14.7. The van der Waals surface area contributed by atoms with Crippen LogP contribution in [-0.2, 0) is 11.8 Å². The molecule has 3 aliphatic rings. The molecule has 1 spiro atoms. The van der Waals surface area contributed by atoms with Crippen LogP contribution in [0.5, 0.6) is 0 Å². The predicted molar refractivity (Wildman–Crippen MR) is 424 cm³/mol. The van der Waals surface area contributed by atoms with E-state index in [1.807, 2.05) is 0 Å². The van der Waals surface area contributed by atoms with E-state index in [2.05, 4.69) is 408 Å². The number of allylic oxidation sites excluding steroid dienone is 5. The molecule has 18 rings (SSSR count). The second-order valence-electron chi connectivity index (χ2n) is 26.6. The van der Waals surface area contributed by atoms with Gasteiger partial charge in [-0.2, -0.15) is 0 Å². The molecule has 2 heterocycles. The molecule has 101 heavy (non-hydrogen) atoms. The number of hydrogen-bond acceptors (Lipinski definition) is 2. The molecule has 0 radical (unpaired) electrons. The van der Waals surface area contributed by atoms with Gasteiger partial charge in [0.15, 0.2) is 0 Å². The molecular formula is C98H69N3. The van der Waals surface area contributed by atoms with E-state index in [4.69, 9.17) is 6.58 Å². The molecule has 1 aliphatic heterocycles. The minimum atomic E-state index is -0.778. The van der Waals surface area contributed by atoms with Crippen LogP contribution in [-0.4, -0.2) is 10.6 Å². The SMILES string of the molecule is C=C(c1ccc(N(c2ccc3c(c2)C2(c4cc(/C=C(\Cc5cccc(-c6ccccc6)c5)c5ccc(N(c6ccccc6)c6ccccc6)cc5)ccc4-3)c3ccccc3-n3c4ccccc4c4cccc2c43)C2C#CC(c3ccccc3)=CC=C2)cc1)C(c1ccccc1)c1ccccc1. The van der Waals surface area contributed by atoms with Crippen LogP contribution in [0.15, 0.2) is 383 Å². The summed E-state index contributed by atoms with van der Waals surface area (Å²) in [7, 11) is 0. The molecule has 3 nitrogen and oxygen atoms in total. The van der Waals surface area contributed by atoms with Crippen molar-refractivity contribution < 1.29 is 0 Å². The number of fused-ring (bicyclic) bond motifs is 12. The van der Waals surface area contributed by atoms with Gasteiger partial charge in [0.05, 0.1) is 22.1 Å². The number of rotatable bonds is 16. The van der Waals surface area contributed by atoms with Crippen LogP contribution in [0.25, 0.3) is 72.5 Å². The summed E-state index contributed by atoms with van der Waals surface area (Å²) in [5.41, 5.74) is 29.3. The molecule has 3 heteroatoms. The quantitative estimate of drug-likeness (QED) is 0.0706. The fraction of sp³-hybridized carbons (Fsp3) is 0.0408. The summed E-state index contributed by atoms with van der Waals surface area (Å²) in [6.45, 7) is 4.86. The first-order valence-corrected chi connectivity index (χ1v) is 34.9. The summed E-state index contributed by atoms with van der Waals surface area (Å²) in [6, 6.07) is 131. The number of nitrogens with zero attached hydrogens (tertiary/aromatic N) is 3. The maximum atomic E-state index is 4.86. The molecule has 0 saturated heterocycles. The van der Waals surface area contributed by atoms with Crippen molar-refractivity contribution in [3.8, 4) is 39.8 Å². The average molecular weight is 1290 g/mol. The third kappa shape index (κ3) is 10.7. The van der Waals surface area contributed by atoms with Crippen molar-refractivity contribution in [2.45, 2.75) is 23.8 Å². The van der Waals surface area contributed by atoms with Crippen molar-refractivity contribution in [1.82, 2.24) is 4.57 Å². The lowest BCUT2D eigenvalue weighted by Gasteiger charge is -2.40. The van der Waals surface area contributed by atoms with Gasteiger partial charge in [-0.05, 0) is 192 Å². The van der Waals surface area contributed by atoms with Gasteiger partial charge in [0.25, 0.3) is 0 Å². The number of para-hydroxylation sites is 5. The van der Waals surface area contributed by atoms with Crippen LogP contribution in [0, 0.1) is 11.8 Å². The topological polar surface area (TPSA) is 11.4 Å². The summed E-state index contributed by atoms with van der Waals surface area (Å²) >= 11 is 0. The molecule has 0 N–H and O–H groups in total. The van der Waals surface area contributed by atoms with E-state index in [0.717, 1.165) is 61.8 Å². The Bertz CT molecular complexity index is 5720. The minimum absolute atomic E-state index is 0.0310. The summed E-state index contributed by atoms with van der Waals surface area (Å²) in [4.78, 5) is 4.78. The van der Waals surface area contributed by atoms with Crippen LogP contribution in [0.1, 0.15) is 67.1 Å². The molecule has 0 bridgehead atoms. The van der Waals surface area contributed by atoms with E-state index in [9.17, 15) is 0 Å². The van der Waals surface area contributed by atoms with Gasteiger partial charge in [-0.3, -0.25) is 0 Å². The maximum absolute atomic E-state index is 4.86. The van der Waals surface area contributed by atoms with Crippen molar-refractivity contribution in [2.24, 2.45) is 0 Å². The third-order valence-corrected chi connectivity index (χ3v) is 20.8. The summed E-state index contributed by atoms with van der Waals surface area (Å²) < 4.78 is 2.54. The van der Waals surface area contributed by atoms with E-state index in [1.165, 1.54) is 94.3 Å². The summed E-state index contributed by atoms with van der Waals surface area (Å²) in [5, 5.41) is 2.47. The Morgan fingerprint density at radius 1 is 0.436 bits per heavy atom. The van der Waals surface area contributed by atoms with Crippen molar-refractivity contribution in [3.05, 3.63) is 444 Å². The second-order valence-corrected chi connectivity index (χ2v) is 26.6. The van der Waals surface area contributed by atoms with Crippen LogP contribution in [0.4, 0.5) is 28.4 Å². The van der Waals surface area contributed by atoms with E-state index in [1.54, 1.807) is 0 Å². The minimum Gasteiger partial charge on any atom is -0.324 e. The zero-order valence-corrected chi connectivity index (χ0v) is 55.8. The predicted octanol–water partition coefficient (Wildman–Crippen LogP) is 24.4. The van der Waals surface area contributed by atoms with Gasteiger partial charge >= 0.3 is 0 Å². The zero-order valence-electron chi connectivity index (χ0n) is 55.8. The Hall–Kier alpha value is -13.0. The molecule has 1 aromatic heterocycles. The van der Waals surface area contributed by atoms with Crippen molar-refractivity contribution in [1.29, 1.82) is 0 Å². The molecule has 476 valence electrons. The Morgan fingerprint density at radius 2 is 0.970 bits per heavy atom. The number of hydrogen-bond donors (Lipinski definition) is 0. The van der Waals surface area contributed by atoms with Gasteiger partial charge in [0.2, 0.25) is 0 Å². The second kappa shape index (κ2) is 25.8. The van der Waals surface area contributed by atoms with Gasteiger partial charge < -0.3 is 14.4 Å². The van der Waals surface area contributed by atoms with Crippen LogP contribution >= 0.6 is 0 Å². The molecule has 2 aliphatic carbocycles. The highest BCUT2D eigenvalue weighted by molar-refractivity contribution is 6.13. The van der Waals surface area contributed by atoms with Crippen LogP contribution in [0.3, 0.4) is 0 Å². The number of aromatic nitrogens is 1. The largest absolute Gasteiger partial charge is 0.324 e. The van der Waals surface area contributed by atoms with Gasteiger partial charge in [0.1, 0.15) is 6.04 Å². The summed E-state index contributed by atoms with van der Waals surface area (Å²) in [6.07, 6.45) is 9.77. The Morgan fingerprint density at radius 3 is 1.67 bits per heavy atom. The average Bonchev–Trinajstić information content (AvgIpc) is 1.50. The van der Waals surface area contributed by atoms with Crippen LogP contribution < -0.4 is 9.80 Å². The van der Waals surface area contributed by atoms with Gasteiger partial charge in [-0.1, -0.05) is 310 Å².